The smallest absolute Gasteiger partial charge is 0.296 e. The van der Waals surface area contributed by atoms with Gasteiger partial charge >= 0.3 is 0 Å². The number of carbonyl (C=O) groups excluding carboxylic acids is 1. The molecule has 12 heteroatoms. The van der Waals surface area contributed by atoms with Crippen LogP contribution in [-0.4, -0.2) is 30.6 Å². The summed E-state index contributed by atoms with van der Waals surface area (Å²) in [6.07, 6.45) is 0.169. The molecule has 0 aliphatic heterocycles. The molecular formula is C27H23Cl2N3O6S. The molecule has 0 unspecified atom stereocenters. The predicted molar refractivity (Wildman–Crippen MR) is 151 cm³/mol. The number of anilines is 1. The van der Waals surface area contributed by atoms with Gasteiger partial charge in [0.15, 0.2) is 5.75 Å². The Morgan fingerprint density at radius 3 is 2.46 bits per heavy atom. The number of amides is 1. The summed E-state index contributed by atoms with van der Waals surface area (Å²) < 4.78 is 39.1. The fraction of sp³-hybridized carbons (Fsp3) is 0.148. The first-order chi connectivity index (χ1) is 18.5. The third-order valence-corrected chi connectivity index (χ3v) is 7.43. The maximum absolute atomic E-state index is 13.3. The molecule has 0 fully saturated rings. The molecule has 0 saturated heterocycles. The molecule has 9 nitrogen and oxygen atoms in total. The van der Waals surface area contributed by atoms with E-state index in [-0.39, 0.29) is 33.9 Å². The zero-order valence-corrected chi connectivity index (χ0v) is 23.1. The molecule has 0 saturated carbocycles. The number of ether oxygens (including phenoxy) is 1. The van der Waals surface area contributed by atoms with Gasteiger partial charge < -0.3 is 15.2 Å². The average Bonchev–Trinajstić information content (AvgIpc) is 2.89. The van der Waals surface area contributed by atoms with Gasteiger partial charge in [0, 0.05) is 22.0 Å². The van der Waals surface area contributed by atoms with E-state index >= 15 is 0 Å². The third kappa shape index (κ3) is 5.99. The maximum Gasteiger partial charge on any atom is 0.296 e. The van der Waals surface area contributed by atoms with Gasteiger partial charge in [0.1, 0.15) is 16.3 Å². The molecule has 0 aromatic heterocycles. The summed E-state index contributed by atoms with van der Waals surface area (Å²) in [5.74, 6) is -0.709. The van der Waals surface area contributed by atoms with Crippen LogP contribution in [0, 0.1) is 0 Å². The molecule has 0 atom stereocenters. The topological polar surface area (TPSA) is 138 Å². The quantitative estimate of drug-likeness (QED) is 0.142. The highest BCUT2D eigenvalue weighted by Crippen LogP contribution is 2.41. The van der Waals surface area contributed by atoms with Gasteiger partial charge in [-0.2, -0.15) is 13.5 Å². The van der Waals surface area contributed by atoms with E-state index in [0.717, 1.165) is 0 Å². The Labute approximate surface area is 234 Å². The second-order valence-electron chi connectivity index (χ2n) is 8.27. The van der Waals surface area contributed by atoms with Crippen molar-refractivity contribution in [2.75, 3.05) is 11.9 Å². The van der Waals surface area contributed by atoms with Crippen molar-refractivity contribution in [2.24, 2.45) is 10.2 Å². The van der Waals surface area contributed by atoms with Crippen LogP contribution in [0.1, 0.15) is 29.8 Å². The van der Waals surface area contributed by atoms with Crippen molar-refractivity contribution in [3.8, 4) is 11.5 Å². The van der Waals surface area contributed by atoms with E-state index in [2.05, 4.69) is 15.5 Å². The summed E-state index contributed by atoms with van der Waals surface area (Å²) in [6, 6.07) is 15.9. The molecule has 3 N–H and O–H groups in total. The number of azo groups is 1. The van der Waals surface area contributed by atoms with Crippen LogP contribution in [0.15, 0.2) is 75.8 Å². The summed E-state index contributed by atoms with van der Waals surface area (Å²) in [7, 11) is -4.64. The first kappa shape index (κ1) is 28.3. The number of hydrogen-bond acceptors (Lipinski definition) is 7. The highest BCUT2D eigenvalue weighted by Gasteiger charge is 2.23. The number of aromatic hydroxyl groups is 1. The number of benzene rings is 4. The van der Waals surface area contributed by atoms with Crippen molar-refractivity contribution in [1.29, 1.82) is 0 Å². The number of fused-ring (bicyclic) bond motifs is 1. The standard InChI is InChI=1S/C27H23Cl2N3O6S/c1-3-17-21(12-10-20(29)26(17)39(35,36)37)31-32-24-18-8-6-5-7-15(18)13-19(25(24)33)27(34)30-22-11-9-16(28)14-23(22)38-4-2/h5-14,33H,3-4H2,1-2H3,(H,30,34)(H,35,36,37). The number of rotatable bonds is 8. The molecule has 0 spiro atoms. The number of nitrogens with one attached hydrogen (secondary N) is 1. The summed E-state index contributed by atoms with van der Waals surface area (Å²) >= 11 is 12.1. The lowest BCUT2D eigenvalue weighted by Gasteiger charge is -2.14. The van der Waals surface area contributed by atoms with Crippen molar-refractivity contribution < 1.29 is 27.6 Å². The lowest BCUT2D eigenvalue weighted by atomic mass is 10.0. The van der Waals surface area contributed by atoms with Gasteiger partial charge in [0.05, 0.1) is 28.6 Å². The highest BCUT2D eigenvalue weighted by atomic mass is 35.5. The van der Waals surface area contributed by atoms with E-state index in [0.29, 0.717) is 33.8 Å². The summed E-state index contributed by atoms with van der Waals surface area (Å²) in [5, 5.41) is 23.6. The Hall–Kier alpha value is -3.70. The Kier molecular flexibility index (Phi) is 8.41. The Morgan fingerprint density at radius 2 is 1.77 bits per heavy atom. The van der Waals surface area contributed by atoms with Gasteiger partial charge in [-0.15, -0.1) is 5.11 Å². The predicted octanol–water partition coefficient (Wildman–Crippen LogP) is 7.73. The largest absolute Gasteiger partial charge is 0.505 e. The first-order valence-corrected chi connectivity index (χ1v) is 13.9. The molecule has 0 aliphatic carbocycles. The Bertz CT molecular complexity index is 1720. The monoisotopic (exact) mass is 587 g/mol. The van der Waals surface area contributed by atoms with E-state index < -0.39 is 26.7 Å². The average molecular weight is 588 g/mol. The Morgan fingerprint density at radius 1 is 1.03 bits per heavy atom. The lowest BCUT2D eigenvalue weighted by molar-refractivity contribution is 0.102. The van der Waals surface area contributed by atoms with Gasteiger partial charge in [-0.1, -0.05) is 54.4 Å². The summed E-state index contributed by atoms with van der Waals surface area (Å²) in [4.78, 5) is 12.8. The lowest BCUT2D eigenvalue weighted by Crippen LogP contribution is -2.13. The van der Waals surface area contributed by atoms with Gasteiger partial charge in [0.2, 0.25) is 0 Å². The van der Waals surface area contributed by atoms with E-state index in [1.165, 1.54) is 18.2 Å². The highest BCUT2D eigenvalue weighted by molar-refractivity contribution is 7.86. The molecule has 0 bridgehead atoms. The van der Waals surface area contributed by atoms with Gasteiger partial charge in [-0.05, 0) is 49.1 Å². The summed E-state index contributed by atoms with van der Waals surface area (Å²) in [5.41, 5.74) is 0.539. The van der Waals surface area contributed by atoms with Crippen LogP contribution < -0.4 is 10.1 Å². The first-order valence-electron chi connectivity index (χ1n) is 11.7. The second-order valence-corrected chi connectivity index (χ2v) is 10.5. The minimum atomic E-state index is -4.64. The van der Waals surface area contributed by atoms with Gasteiger partial charge in [-0.3, -0.25) is 9.35 Å². The van der Waals surface area contributed by atoms with E-state index in [4.69, 9.17) is 27.9 Å². The maximum atomic E-state index is 13.3. The molecule has 0 aliphatic rings. The van der Waals surface area contributed by atoms with Crippen LogP contribution in [0.25, 0.3) is 10.8 Å². The number of phenolic OH excluding ortho intramolecular Hbond substituents is 1. The SMILES string of the molecule is CCOc1cc(Cl)ccc1NC(=O)c1cc2ccccc2c(N=Nc2ccc(Cl)c(S(=O)(=O)O)c2CC)c1O. The van der Waals surface area contributed by atoms with E-state index in [1.807, 2.05) is 0 Å². The fourth-order valence-electron chi connectivity index (χ4n) is 4.06. The van der Waals surface area contributed by atoms with Crippen molar-refractivity contribution in [3.63, 3.8) is 0 Å². The molecule has 39 heavy (non-hydrogen) atoms. The number of hydrogen-bond donors (Lipinski definition) is 3. The molecule has 4 aromatic rings. The molecule has 4 aromatic carbocycles. The molecule has 202 valence electrons. The zero-order valence-electron chi connectivity index (χ0n) is 20.8. The zero-order chi connectivity index (χ0) is 28.3. The number of nitrogens with zero attached hydrogens (tertiary/aromatic N) is 2. The van der Waals surface area contributed by atoms with Crippen molar-refractivity contribution in [2.45, 2.75) is 25.2 Å². The van der Waals surface area contributed by atoms with Crippen LogP contribution >= 0.6 is 23.2 Å². The Balaban J connectivity index is 1.82. The summed E-state index contributed by atoms with van der Waals surface area (Å²) in [6.45, 7) is 3.81. The van der Waals surface area contributed by atoms with Crippen LogP contribution in [0.5, 0.6) is 11.5 Å². The molecule has 1 amide bonds. The molecular weight excluding hydrogens is 565 g/mol. The molecule has 0 heterocycles. The van der Waals surface area contributed by atoms with Crippen LogP contribution in [0.4, 0.5) is 17.1 Å². The van der Waals surface area contributed by atoms with Crippen LogP contribution in [-0.2, 0) is 16.5 Å². The van der Waals surface area contributed by atoms with Crippen LogP contribution in [0.3, 0.4) is 0 Å². The minimum Gasteiger partial charge on any atom is -0.505 e. The van der Waals surface area contributed by atoms with E-state index in [1.54, 1.807) is 56.3 Å². The minimum absolute atomic E-state index is 0.00945. The van der Waals surface area contributed by atoms with Gasteiger partial charge in [0.25, 0.3) is 16.0 Å². The number of carbonyl (C=O) groups is 1. The van der Waals surface area contributed by atoms with Crippen molar-refractivity contribution >= 4 is 67.1 Å². The fourth-order valence-corrected chi connectivity index (χ4v) is 5.57. The van der Waals surface area contributed by atoms with Crippen molar-refractivity contribution in [1.82, 2.24) is 0 Å². The van der Waals surface area contributed by atoms with Crippen molar-refractivity contribution in [3.05, 3.63) is 81.8 Å². The second kappa shape index (κ2) is 11.6. The number of halogens is 2. The molecule has 0 radical (unpaired) electrons. The molecule has 4 rings (SSSR count). The number of phenols is 1. The van der Waals surface area contributed by atoms with Crippen LogP contribution in [0.2, 0.25) is 10.0 Å². The van der Waals surface area contributed by atoms with E-state index in [9.17, 15) is 22.9 Å². The third-order valence-electron chi connectivity index (χ3n) is 5.79. The van der Waals surface area contributed by atoms with Gasteiger partial charge in [-0.25, -0.2) is 0 Å². The normalized spacial score (nSPS) is 11.7.